The molecule has 5 nitrogen and oxygen atoms in total. The van der Waals surface area contributed by atoms with Crippen molar-refractivity contribution < 1.29 is 35.4 Å². The summed E-state index contributed by atoms with van der Waals surface area (Å²) in [5.41, 5.74) is -3.12. The predicted octanol–water partition coefficient (Wildman–Crippen LogP) is 3.96. The van der Waals surface area contributed by atoms with Crippen LogP contribution in [0.4, 0.5) is 13.2 Å². The molecule has 9 heteroatoms. The standard InChI is InChI=1S/C19H22NO.CHF3O3S/c1-20(2)18(15-9-5-3-6-10-15)13-17(21)14-19(20)16-11-7-4-8-12-16;2-1(3,4)8(5,6)7/h3-12,18-19H,13-14H2,1-2H3;(H,5,6,7)/q+1;/p-1/t18-,19+;. The van der Waals surface area contributed by atoms with E-state index in [-0.39, 0.29) is 12.1 Å². The fourth-order valence-electron chi connectivity index (χ4n) is 3.56. The van der Waals surface area contributed by atoms with Crippen LogP contribution in [0.15, 0.2) is 60.7 Å². The van der Waals surface area contributed by atoms with Crippen LogP contribution in [0.1, 0.15) is 36.1 Å². The Bertz CT molecular complexity index is 876. The van der Waals surface area contributed by atoms with Crippen LogP contribution in [-0.4, -0.2) is 42.8 Å². The van der Waals surface area contributed by atoms with Crippen molar-refractivity contribution in [2.75, 3.05) is 14.1 Å². The normalized spacial score (nSPS) is 21.8. The van der Waals surface area contributed by atoms with Gasteiger partial charge in [-0.15, -0.1) is 0 Å². The Morgan fingerprint density at radius 1 is 0.862 bits per heavy atom. The number of benzene rings is 2. The molecule has 2 aromatic rings. The van der Waals surface area contributed by atoms with Crippen molar-refractivity contribution in [3.8, 4) is 0 Å². The third-order valence-electron chi connectivity index (χ3n) is 5.10. The molecule has 158 valence electrons. The maximum Gasteiger partial charge on any atom is 0.485 e. The van der Waals surface area contributed by atoms with Crippen LogP contribution in [-0.2, 0) is 14.9 Å². The Balaban J connectivity index is 0.000000321. The van der Waals surface area contributed by atoms with Crippen molar-refractivity contribution in [2.24, 2.45) is 0 Å². The van der Waals surface area contributed by atoms with E-state index in [2.05, 4.69) is 62.6 Å². The van der Waals surface area contributed by atoms with Crippen LogP contribution < -0.4 is 0 Å². The number of likely N-dealkylation sites (tertiary alicyclic amines) is 1. The van der Waals surface area contributed by atoms with Gasteiger partial charge < -0.3 is 9.04 Å². The van der Waals surface area contributed by atoms with E-state index in [1.54, 1.807) is 0 Å². The SMILES string of the molecule is C[N+]1(C)[C@@H](c2ccccc2)CC(=O)C[C@H]1c1ccccc1.O=S(=O)([O-])C(F)(F)F. The molecule has 1 heterocycles. The van der Waals surface area contributed by atoms with Gasteiger partial charge >= 0.3 is 5.51 Å². The number of hydrogen-bond donors (Lipinski definition) is 0. The monoisotopic (exact) mass is 429 g/mol. The van der Waals surface area contributed by atoms with E-state index in [1.165, 1.54) is 11.1 Å². The van der Waals surface area contributed by atoms with Crippen molar-refractivity contribution in [1.82, 2.24) is 0 Å². The van der Waals surface area contributed by atoms with Gasteiger partial charge in [0.15, 0.2) is 10.1 Å². The number of carbonyl (C=O) groups is 1. The lowest BCUT2D eigenvalue weighted by molar-refractivity contribution is -0.952. The summed E-state index contributed by atoms with van der Waals surface area (Å²) >= 11 is 0. The summed E-state index contributed by atoms with van der Waals surface area (Å²) in [5, 5.41) is 0. The average molecular weight is 429 g/mol. The molecule has 2 aromatic carbocycles. The summed E-state index contributed by atoms with van der Waals surface area (Å²) in [4.78, 5) is 12.3. The van der Waals surface area contributed by atoms with Gasteiger partial charge in [0, 0.05) is 11.1 Å². The molecule has 1 fully saturated rings. The molecule has 0 N–H and O–H groups in total. The number of carbonyl (C=O) groups excluding carboxylic acids is 1. The zero-order valence-corrected chi connectivity index (χ0v) is 16.8. The van der Waals surface area contributed by atoms with E-state index in [1.807, 2.05) is 12.1 Å². The average Bonchev–Trinajstić information content (AvgIpc) is 2.63. The molecule has 1 aliphatic rings. The number of Topliss-reactive ketones (excluding diaryl/α,β-unsaturated/α-hetero) is 1. The minimum Gasteiger partial charge on any atom is -0.741 e. The van der Waals surface area contributed by atoms with Crippen LogP contribution >= 0.6 is 0 Å². The zero-order chi connectivity index (χ0) is 21.9. The molecule has 2 atom stereocenters. The molecule has 0 amide bonds. The first kappa shape index (κ1) is 23.1. The van der Waals surface area contributed by atoms with Crippen LogP contribution in [0.5, 0.6) is 0 Å². The second-order valence-electron chi connectivity index (χ2n) is 7.33. The lowest BCUT2D eigenvalue weighted by Gasteiger charge is -2.47. The first-order chi connectivity index (χ1) is 13.3. The van der Waals surface area contributed by atoms with Crippen molar-refractivity contribution in [3.63, 3.8) is 0 Å². The number of ketones is 1. The number of halogens is 3. The Morgan fingerprint density at radius 2 is 1.17 bits per heavy atom. The summed E-state index contributed by atoms with van der Waals surface area (Å²) in [5.74, 6) is 0.371. The lowest BCUT2D eigenvalue weighted by atomic mass is 9.85. The quantitative estimate of drug-likeness (QED) is 0.412. The summed E-state index contributed by atoms with van der Waals surface area (Å²) in [6, 6.07) is 21.4. The van der Waals surface area contributed by atoms with E-state index in [4.69, 9.17) is 13.0 Å². The highest BCUT2D eigenvalue weighted by Crippen LogP contribution is 2.44. The molecular formula is C20H22F3NO4S. The minimum absolute atomic E-state index is 0.234. The number of rotatable bonds is 2. The first-order valence-electron chi connectivity index (χ1n) is 8.81. The van der Waals surface area contributed by atoms with Gasteiger partial charge in [-0.2, -0.15) is 13.2 Å². The van der Waals surface area contributed by atoms with Gasteiger partial charge in [-0.25, -0.2) is 8.42 Å². The summed E-state index contributed by atoms with van der Waals surface area (Å²) in [6.45, 7) is 0. The molecule has 0 spiro atoms. The van der Waals surface area contributed by atoms with Crippen molar-refractivity contribution >= 4 is 15.9 Å². The zero-order valence-electron chi connectivity index (χ0n) is 16.0. The highest BCUT2D eigenvalue weighted by Gasteiger charge is 2.44. The van der Waals surface area contributed by atoms with E-state index >= 15 is 0 Å². The van der Waals surface area contributed by atoms with Gasteiger partial charge in [0.2, 0.25) is 0 Å². The van der Waals surface area contributed by atoms with Gasteiger partial charge in [-0.1, -0.05) is 60.7 Å². The maximum atomic E-state index is 12.3. The van der Waals surface area contributed by atoms with Crippen LogP contribution in [0, 0.1) is 0 Å². The number of quaternary nitrogens is 1. The molecule has 0 aromatic heterocycles. The number of piperidine rings is 1. The van der Waals surface area contributed by atoms with E-state index in [0.29, 0.717) is 18.6 Å². The molecule has 29 heavy (non-hydrogen) atoms. The van der Waals surface area contributed by atoms with Gasteiger partial charge in [0.1, 0.15) is 17.9 Å². The largest absolute Gasteiger partial charge is 0.741 e. The summed E-state index contributed by atoms with van der Waals surface area (Å²) in [6.07, 6.45) is 1.28. The van der Waals surface area contributed by atoms with Crippen molar-refractivity contribution in [2.45, 2.75) is 30.4 Å². The number of alkyl halides is 3. The molecule has 0 bridgehead atoms. The topological polar surface area (TPSA) is 74.3 Å². The van der Waals surface area contributed by atoms with Gasteiger partial charge in [-0.05, 0) is 0 Å². The van der Waals surface area contributed by atoms with Crippen LogP contribution in [0.25, 0.3) is 0 Å². The third-order valence-corrected chi connectivity index (χ3v) is 5.67. The Morgan fingerprint density at radius 3 is 1.45 bits per heavy atom. The fourth-order valence-corrected chi connectivity index (χ4v) is 3.56. The van der Waals surface area contributed by atoms with Crippen LogP contribution in [0.3, 0.4) is 0 Å². The molecule has 0 saturated carbocycles. The maximum absolute atomic E-state index is 12.3. The van der Waals surface area contributed by atoms with Crippen molar-refractivity contribution in [1.29, 1.82) is 0 Å². The lowest BCUT2D eigenvalue weighted by Crippen LogP contribution is -2.50. The molecule has 0 aliphatic carbocycles. The van der Waals surface area contributed by atoms with Gasteiger partial charge in [0.25, 0.3) is 0 Å². The molecule has 0 unspecified atom stereocenters. The molecule has 1 aliphatic heterocycles. The van der Waals surface area contributed by atoms with Crippen molar-refractivity contribution in [3.05, 3.63) is 71.8 Å². The van der Waals surface area contributed by atoms with E-state index in [0.717, 1.165) is 4.48 Å². The fraction of sp³-hybridized carbons (Fsp3) is 0.350. The second-order valence-corrected chi connectivity index (χ2v) is 8.70. The van der Waals surface area contributed by atoms with E-state index < -0.39 is 15.6 Å². The van der Waals surface area contributed by atoms with Gasteiger partial charge in [-0.3, -0.25) is 4.79 Å². The Kier molecular flexibility index (Phi) is 6.87. The van der Waals surface area contributed by atoms with E-state index in [9.17, 15) is 18.0 Å². The highest BCUT2D eigenvalue weighted by molar-refractivity contribution is 7.86. The van der Waals surface area contributed by atoms with Gasteiger partial charge in [0.05, 0.1) is 26.9 Å². The third kappa shape index (κ3) is 5.65. The number of nitrogens with zero attached hydrogens (tertiary/aromatic N) is 1. The minimum atomic E-state index is -6.09. The first-order valence-corrected chi connectivity index (χ1v) is 10.2. The Hall–Kier alpha value is -2.23. The van der Waals surface area contributed by atoms with Crippen LogP contribution in [0.2, 0.25) is 0 Å². The molecule has 3 rings (SSSR count). The molecule has 0 radical (unpaired) electrons. The molecular weight excluding hydrogens is 407 g/mol. The number of hydrogen-bond acceptors (Lipinski definition) is 4. The summed E-state index contributed by atoms with van der Waals surface area (Å²) in [7, 11) is -1.59. The smallest absolute Gasteiger partial charge is 0.485 e. The highest BCUT2D eigenvalue weighted by atomic mass is 32.2. The second kappa shape index (κ2) is 8.64. The molecule has 1 saturated heterocycles. The predicted molar refractivity (Wildman–Crippen MR) is 100 cm³/mol. The Labute approximate surface area is 168 Å². The summed E-state index contributed by atoms with van der Waals surface area (Å²) < 4.78 is 59.7.